The van der Waals surface area contributed by atoms with Gasteiger partial charge >= 0.3 is 0 Å². The van der Waals surface area contributed by atoms with E-state index in [2.05, 4.69) is 51.3 Å². The number of hydrogen-bond acceptors (Lipinski definition) is 3. The number of rotatable bonds is 5. The van der Waals surface area contributed by atoms with Crippen molar-refractivity contribution in [1.82, 2.24) is 14.7 Å². The number of aromatic nitrogens is 2. The van der Waals surface area contributed by atoms with Crippen molar-refractivity contribution in [2.24, 2.45) is 0 Å². The highest BCUT2D eigenvalue weighted by molar-refractivity contribution is 7.15. The second-order valence-electron chi connectivity index (χ2n) is 6.63. The van der Waals surface area contributed by atoms with Crippen LogP contribution in [0.5, 0.6) is 0 Å². The van der Waals surface area contributed by atoms with Gasteiger partial charge in [0.2, 0.25) is 5.91 Å². The first-order valence-electron chi connectivity index (χ1n) is 8.39. The first-order valence-corrected chi connectivity index (χ1v) is 9.27. The molecule has 0 aliphatic heterocycles. The zero-order valence-electron chi connectivity index (χ0n) is 14.0. The summed E-state index contributed by atoms with van der Waals surface area (Å²) in [5.41, 5.74) is 4.87. The van der Waals surface area contributed by atoms with Crippen molar-refractivity contribution < 1.29 is 4.79 Å². The number of aryl methyl sites for hydroxylation is 3. The molecule has 3 aromatic rings. The lowest BCUT2D eigenvalue weighted by atomic mass is 10.0. The van der Waals surface area contributed by atoms with Crippen LogP contribution in [0, 0.1) is 13.8 Å². The van der Waals surface area contributed by atoms with E-state index in [4.69, 9.17) is 0 Å². The number of carbonyl (C=O) groups excluding carboxylic acids is 1. The van der Waals surface area contributed by atoms with Crippen LogP contribution in [0.2, 0.25) is 0 Å². The predicted molar refractivity (Wildman–Crippen MR) is 96.6 cm³/mol. The van der Waals surface area contributed by atoms with Crippen molar-refractivity contribution in [2.45, 2.75) is 45.1 Å². The Morgan fingerprint density at radius 3 is 3.04 bits per heavy atom. The van der Waals surface area contributed by atoms with Crippen molar-refractivity contribution in [3.63, 3.8) is 0 Å². The fraction of sp³-hybridized carbons (Fsp3) is 0.368. The van der Waals surface area contributed by atoms with Crippen LogP contribution in [0.3, 0.4) is 0 Å². The first kappa shape index (κ1) is 15.4. The smallest absolute Gasteiger partial charge is 0.220 e. The van der Waals surface area contributed by atoms with Crippen LogP contribution in [0.4, 0.5) is 0 Å². The summed E-state index contributed by atoms with van der Waals surface area (Å²) in [6.45, 7) is 4.14. The van der Waals surface area contributed by atoms with Gasteiger partial charge in [0, 0.05) is 35.7 Å². The van der Waals surface area contributed by atoms with E-state index >= 15 is 0 Å². The molecule has 2 unspecified atom stereocenters. The van der Waals surface area contributed by atoms with E-state index in [-0.39, 0.29) is 5.91 Å². The summed E-state index contributed by atoms with van der Waals surface area (Å²) < 4.78 is 2.10. The van der Waals surface area contributed by atoms with E-state index < -0.39 is 0 Å². The number of nitrogens with zero attached hydrogens (tertiary/aromatic N) is 2. The van der Waals surface area contributed by atoms with Gasteiger partial charge in [-0.3, -0.25) is 9.20 Å². The highest BCUT2D eigenvalue weighted by Crippen LogP contribution is 2.42. The molecule has 0 radical (unpaired) electrons. The van der Waals surface area contributed by atoms with E-state index in [1.807, 2.05) is 13.1 Å². The molecule has 1 amide bonds. The molecule has 1 aromatic carbocycles. The fourth-order valence-corrected chi connectivity index (χ4v) is 4.30. The number of fused-ring (bicyclic) bond motifs is 1. The van der Waals surface area contributed by atoms with E-state index in [1.54, 1.807) is 11.3 Å². The quantitative estimate of drug-likeness (QED) is 0.772. The molecule has 4 rings (SSSR count). The molecule has 1 fully saturated rings. The van der Waals surface area contributed by atoms with Crippen LogP contribution in [0.15, 0.2) is 35.8 Å². The topological polar surface area (TPSA) is 46.4 Å². The zero-order chi connectivity index (χ0) is 16.7. The normalized spacial score (nSPS) is 19.6. The van der Waals surface area contributed by atoms with Crippen molar-refractivity contribution in [2.75, 3.05) is 0 Å². The molecule has 1 aliphatic rings. The van der Waals surface area contributed by atoms with Crippen molar-refractivity contribution in [3.8, 4) is 0 Å². The average molecular weight is 339 g/mol. The standard InChI is InChI=1S/C19H21N3OS/c1-12-5-3-4-6-15(12)16-9-17(16)21-18(23)8-7-14-11-24-19-20-13(2)10-22(14)19/h3-6,10-11,16-17H,7-9H2,1-2H3,(H,21,23). The summed E-state index contributed by atoms with van der Waals surface area (Å²) in [6.07, 6.45) is 4.37. The second-order valence-corrected chi connectivity index (χ2v) is 7.47. The van der Waals surface area contributed by atoms with Gasteiger partial charge in [-0.25, -0.2) is 4.98 Å². The lowest BCUT2D eigenvalue weighted by Crippen LogP contribution is -2.26. The molecule has 0 bridgehead atoms. The Morgan fingerprint density at radius 1 is 1.38 bits per heavy atom. The number of carbonyl (C=O) groups is 1. The third-order valence-electron chi connectivity index (χ3n) is 4.74. The number of amides is 1. The maximum Gasteiger partial charge on any atom is 0.220 e. The molecule has 4 nitrogen and oxygen atoms in total. The number of nitrogens with one attached hydrogen (secondary N) is 1. The van der Waals surface area contributed by atoms with Gasteiger partial charge in [0.1, 0.15) is 0 Å². The Labute approximate surface area is 145 Å². The van der Waals surface area contributed by atoms with Crippen molar-refractivity contribution in [3.05, 3.63) is 58.4 Å². The molecule has 24 heavy (non-hydrogen) atoms. The Balaban J connectivity index is 1.32. The van der Waals surface area contributed by atoms with Gasteiger partial charge < -0.3 is 5.32 Å². The molecule has 2 atom stereocenters. The van der Waals surface area contributed by atoms with Crippen LogP contribution < -0.4 is 5.32 Å². The first-order chi connectivity index (χ1) is 11.6. The fourth-order valence-electron chi connectivity index (χ4n) is 3.34. The van der Waals surface area contributed by atoms with Gasteiger partial charge in [-0.05, 0) is 37.8 Å². The lowest BCUT2D eigenvalue weighted by molar-refractivity contribution is -0.121. The van der Waals surface area contributed by atoms with E-state index in [1.165, 1.54) is 11.1 Å². The van der Waals surface area contributed by atoms with Gasteiger partial charge in [-0.2, -0.15) is 0 Å². The van der Waals surface area contributed by atoms with E-state index in [0.29, 0.717) is 18.4 Å². The summed E-state index contributed by atoms with van der Waals surface area (Å²) >= 11 is 1.63. The van der Waals surface area contributed by atoms with Crippen LogP contribution in [-0.4, -0.2) is 21.3 Å². The van der Waals surface area contributed by atoms with Crippen LogP contribution in [0.1, 0.15) is 41.3 Å². The molecule has 2 aromatic heterocycles. The monoisotopic (exact) mass is 339 g/mol. The highest BCUT2D eigenvalue weighted by atomic mass is 32.1. The van der Waals surface area contributed by atoms with E-state index in [0.717, 1.165) is 29.2 Å². The average Bonchev–Trinajstić information content (AvgIpc) is 3.04. The molecule has 0 spiro atoms. The van der Waals surface area contributed by atoms with Gasteiger partial charge in [0.05, 0.1) is 5.69 Å². The Kier molecular flexibility index (Phi) is 3.88. The van der Waals surface area contributed by atoms with Gasteiger partial charge in [-0.1, -0.05) is 24.3 Å². The molecule has 1 aliphatic carbocycles. The maximum absolute atomic E-state index is 12.3. The Hall–Kier alpha value is -2.14. The van der Waals surface area contributed by atoms with E-state index in [9.17, 15) is 4.79 Å². The molecule has 1 saturated carbocycles. The minimum atomic E-state index is 0.146. The molecule has 124 valence electrons. The van der Waals surface area contributed by atoms with Crippen molar-refractivity contribution in [1.29, 1.82) is 0 Å². The van der Waals surface area contributed by atoms with Crippen LogP contribution in [0.25, 0.3) is 4.96 Å². The zero-order valence-corrected chi connectivity index (χ0v) is 14.8. The summed E-state index contributed by atoms with van der Waals surface area (Å²) in [4.78, 5) is 17.7. The molecule has 5 heteroatoms. The second kappa shape index (κ2) is 6.06. The Morgan fingerprint density at radius 2 is 2.21 bits per heavy atom. The maximum atomic E-state index is 12.3. The lowest BCUT2D eigenvalue weighted by Gasteiger charge is -2.07. The molecule has 1 N–H and O–H groups in total. The van der Waals surface area contributed by atoms with Gasteiger partial charge in [-0.15, -0.1) is 11.3 Å². The summed E-state index contributed by atoms with van der Waals surface area (Å²) in [7, 11) is 0. The minimum Gasteiger partial charge on any atom is -0.353 e. The summed E-state index contributed by atoms with van der Waals surface area (Å²) in [6, 6.07) is 8.76. The molecular formula is C19H21N3OS. The SMILES string of the molecule is Cc1cn2c(CCC(=O)NC3CC3c3ccccc3C)csc2n1. The number of thiazole rings is 1. The van der Waals surface area contributed by atoms with Gasteiger partial charge in [0.25, 0.3) is 0 Å². The third-order valence-corrected chi connectivity index (χ3v) is 5.63. The molecule has 2 heterocycles. The minimum absolute atomic E-state index is 0.146. The van der Waals surface area contributed by atoms with Crippen LogP contribution in [-0.2, 0) is 11.2 Å². The predicted octanol–water partition coefficient (Wildman–Crippen LogP) is 3.62. The Bertz CT molecular complexity index is 895. The molecule has 0 saturated heterocycles. The highest BCUT2D eigenvalue weighted by Gasteiger charge is 2.39. The molecular weight excluding hydrogens is 318 g/mol. The number of benzene rings is 1. The summed E-state index contributed by atoms with van der Waals surface area (Å²) in [5.74, 6) is 0.631. The number of hydrogen-bond donors (Lipinski definition) is 1. The van der Waals surface area contributed by atoms with Crippen LogP contribution >= 0.6 is 11.3 Å². The largest absolute Gasteiger partial charge is 0.353 e. The number of imidazole rings is 1. The van der Waals surface area contributed by atoms with Gasteiger partial charge in [0.15, 0.2) is 4.96 Å². The van der Waals surface area contributed by atoms with Crippen molar-refractivity contribution >= 4 is 22.2 Å². The summed E-state index contributed by atoms with van der Waals surface area (Å²) in [5, 5.41) is 5.28. The third kappa shape index (κ3) is 2.96.